The van der Waals surface area contributed by atoms with Crippen LogP contribution in [0.4, 0.5) is 26.3 Å². The second-order valence-corrected chi connectivity index (χ2v) is 10.3. The molecule has 0 aliphatic carbocycles. The minimum Gasteiger partial charge on any atom is -0.456 e. The number of fused-ring (bicyclic) bond motifs is 2. The van der Waals surface area contributed by atoms with Crippen LogP contribution in [0, 0.1) is 0 Å². The summed E-state index contributed by atoms with van der Waals surface area (Å²) in [5.74, 6) is 0. The second-order valence-electron chi connectivity index (χ2n) is 9.91. The van der Waals surface area contributed by atoms with Gasteiger partial charge in [-0.15, -0.1) is 0 Å². The molecule has 15 heteroatoms. The maximum Gasteiger partial charge on any atom is 0.430 e. The van der Waals surface area contributed by atoms with E-state index in [1.807, 2.05) is 0 Å². The Balaban J connectivity index is 1.22. The molecule has 2 aliphatic rings. The summed E-state index contributed by atoms with van der Waals surface area (Å²) < 4.78 is 96.1. The molecule has 2 fully saturated rings. The fourth-order valence-electron chi connectivity index (χ4n) is 5.05. The third-order valence-corrected chi connectivity index (χ3v) is 7.55. The highest BCUT2D eigenvalue weighted by molar-refractivity contribution is 6.33. The van der Waals surface area contributed by atoms with Gasteiger partial charge in [0.2, 0.25) is 0 Å². The van der Waals surface area contributed by atoms with Gasteiger partial charge in [-0.2, -0.15) is 31.3 Å². The molecular weight excluding hydrogens is 596 g/mol. The molecule has 0 radical (unpaired) electrons. The van der Waals surface area contributed by atoms with Crippen molar-refractivity contribution in [2.24, 2.45) is 0 Å². The number of aromatic amines is 1. The van der Waals surface area contributed by atoms with Crippen LogP contribution in [0.25, 0.3) is 33.5 Å². The molecule has 4 atom stereocenters. The Labute approximate surface area is 237 Å². The molecule has 0 spiro atoms. The zero-order valence-corrected chi connectivity index (χ0v) is 21.8. The Hall–Kier alpha value is -3.43. The van der Waals surface area contributed by atoms with Gasteiger partial charge < -0.3 is 29.4 Å². The number of H-pyrrole nitrogens is 1. The number of aliphatic hydroxyl groups excluding tert-OH is 1. The molecule has 222 valence electrons. The number of aromatic nitrogens is 3. The van der Waals surface area contributed by atoms with Crippen LogP contribution in [-0.2, 0) is 15.1 Å². The first-order valence-corrected chi connectivity index (χ1v) is 12.9. The van der Waals surface area contributed by atoms with Crippen LogP contribution >= 0.6 is 11.6 Å². The Morgan fingerprint density at radius 3 is 2.02 bits per heavy atom. The maximum atomic E-state index is 13.2. The number of alkyl halides is 6. The van der Waals surface area contributed by atoms with E-state index in [0.29, 0.717) is 45.7 Å². The minimum atomic E-state index is -5.97. The largest absolute Gasteiger partial charge is 0.456 e. The predicted molar refractivity (Wildman–Crippen MR) is 136 cm³/mol. The highest BCUT2D eigenvalue weighted by Gasteiger charge is 2.71. The van der Waals surface area contributed by atoms with E-state index in [0.717, 1.165) is 12.1 Å². The van der Waals surface area contributed by atoms with Crippen molar-refractivity contribution in [3.63, 3.8) is 0 Å². The Morgan fingerprint density at radius 1 is 0.833 bits per heavy atom. The van der Waals surface area contributed by atoms with Gasteiger partial charge in [0.1, 0.15) is 18.3 Å². The van der Waals surface area contributed by atoms with Gasteiger partial charge in [0.25, 0.3) is 11.6 Å². The van der Waals surface area contributed by atoms with Crippen molar-refractivity contribution in [1.29, 1.82) is 0 Å². The average molecular weight is 616 g/mol. The van der Waals surface area contributed by atoms with Crippen molar-refractivity contribution in [1.82, 2.24) is 15.0 Å². The van der Waals surface area contributed by atoms with Gasteiger partial charge in [0.05, 0.1) is 29.4 Å². The van der Waals surface area contributed by atoms with Crippen LogP contribution in [0.3, 0.4) is 0 Å². The van der Waals surface area contributed by atoms with E-state index in [-0.39, 0.29) is 24.2 Å². The molecule has 42 heavy (non-hydrogen) atoms. The number of aliphatic hydroxyl groups is 2. The number of nitrogens with zero attached hydrogens (tertiary/aromatic N) is 2. The summed E-state index contributed by atoms with van der Waals surface area (Å²) in [4.78, 5) is 11.9. The Kier molecular flexibility index (Phi) is 6.89. The summed E-state index contributed by atoms with van der Waals surface area (Å²) in [6, 6.07) is 11.5. The number of benzene rings is 2. The molecule has 8 nitrogen and oxygen atoms in total. The van der Waals surface area contributed by atoms with Crippen LogP contribution in [0.5, 0.6) is 6.01 Å². The third kappa shape index (κ3) is 4.76. The molecule has 4 heterocycles. The highest BCUT2D eigenvalue weighted by Crippen LogP contribution is 2.50. The van der Waals surface area contributed by atoms with Crippen molar-refractivity contribution < 1.29 is 50.8 Å². The van der Waals surface area contributed by atoms with Gasteiger partial charge in [-0.1, -0.05) is 60.1 Å². The molecule has 0 saturated carbocycles. The first kappa shape index (κ1) is 28.7. The van der Waals surface area contributed by atoms with E-state index in [1.165, 1.54) is 0 Å². The zero-order valence-electron chi connectivity index (χ0n) is 21.1. The van der Waals surface area contributed by atoms with Crippen LogP contribution in [-0.4, -0.2) is 75.1 Å². The van der Waals surface area contributed by atoms with E-state index >= 15 is 0 Å². The molecular formula is C27H20ClF6N3O5. The van der Waals surface area contributed by atoms with Crippen LogP contribution in [0.1, 0.15) is 5.56 Å². The fourth-order valence-corrected chi connectivity index (χ4v) is 5.32. The number of hydrogen-bond acceptors (Lipinski definition) is 7. The normalized spacial score (nSPS) is 23.0. The first-order valence-electron chi connectivity index (χ1n) is 12.5. The van der Waals surface area contributed by atoms with Crippen molar-refractivity contribution in [3.8, 4) is 28.4 Å². The second kappa shape index (κ2) is 10.1. The fraction of sp³-hybridized carbons (Fsp3) is 0.333. The maximum absolute atomic E-state index is 13.2. The minimum absolute atomic E-state index is 0.152. The number of hydrogen-bond donors (Lipinski definition) is 3. The molecule has 2 aromatic heterocycles. The van der Waals surface area contributed by atoms with E-state index in [1.54, 1.807) is 30.3 Å². The van der Waals surface area contributed by atoms with E-state index in [9.17, 15) is 36.6 Å². The third-order valence-electron chi connectivity index (χ3n) is 7.26. The lowest BCUT2D eigenvalue weighted by molar-refractivity contribution is -0.376. The molecule has 0 unspecified atom stereocenters. The van der Waals surface area contributed by atoms with Gasteiger partial charge in [-0.3, -0.25) is 0 Å². The molecule has 4 aromatic rings. The van der Waals surface area contributed by atoms with Crippen LogP contribution in [0.15, 0.2) is 54.6 Å². The van der Waals surface area contributed by atoms with E-state index < -0.39 is 47.9 Å². The summed E-state index contributed by atoms with van der Waals surface area (Å²) in [5, 5.41) is 19.8. The SMILES string of the molecule is O[C@@H]1CO[C@H]2[C@@H]1OC[C@H]2Oc1nc2nc(-c3ccc(-c4ccc(C(O)(C(F)(F)F)C(F)(F)F)cc4)cc3)c(Cl)cc2[nH]1. The molecule has 2 aliphatic heterocycles. The van der Waals surface area contributed by atoms with Gasteiger partial charge in [-0.25, -0.2) is 4.98 Å². The molecule has 0 bridgehead atoms. The smallest absolute Gasteiger partial charge is 0.430 e. The lowest BCUT2D eigenvalue weighted by Crippen LogP contribution is -2.53. The van der Waals surface area contributed by atoms with Crippen LogP contribution in [0.2, 0.25) is 5.02 Å². The number of pyridine rings is 1. The monoisotopic (exact) mass is 615 g/mol. The summed E-state index contributed by atoms with van der Waals surface area (Å²) in [7, 11) is 0. The Morgan fingerprint density at radius 2 is 1.40 bits per heavy atom. The molecule has 6 rings (SSSR count). The summed E-state index contributed by atoms with van der Waals surface area (Å²) in [6.07, 6.45) is -14.1. The molecule has 0 amide bonds. The summed E-state index contributed by atoms with van der Waals surface area (Å²) >= 11 is 6.47. The van der Waals surface area contributed by atoms with Crippen LogP contribution < -0.4 is 4.74 Å². The summed E-state index contributed by atoms with van der Waals surface area (Å²) in [6.45, 7) is 0.364. The molecule has 3 N–H and O–H groups in total. The zero-order chi connectivity index (χ0) is 30.0. The lowest BCUT2D eigenvalue weighted by atomic mass is 9.90. The number of ether oxygens (including phenoxy) is 3. The number of rotatable bonds is 5. The van der Waals surface area contributed by atoms with E-state index in [2.05, 4.69) is 15.0 Å². The van der Waals surface area contributed by atoms with Gasteiger partial charge in [0, 0.05) is 11.1 Å². The number of nitrogens with one attached hydrogen (secondary N) is 1. The Bertz CT molecular complexity index is 1600. The quantitative estimate of drug-likeness (QED) is 0.266. The van der Waals surface area contributed by atoms with Crippen molar-refractivity contribution in [3.05, 3.63) is 65.2 Å². The molecule has 2 aromatic carbocycles. The highest BCUT2D eigenvalue weighted by atomic mass is 35.5. The average Bonchev–Trinajstić information content (AvgIpc) is 3.63. The van der Waals surface area contributed by atoms with Gasteiger partial charge >= 0.3 is 12.4 Å². The van der Waals surface area contributed by atoms with Gasteiger partial charge in [0.15, 0.2) is 11.8 Å². The summed E-state index contributed by atoms with van der Waals surface area (Å²) in [5.41, 5.74) is -3.81. The molecule has 2 saturated heterocycles. The standard InChI is InChI=1S/C27H20ClF6N3O5/c28-16-9-17-23(37-24(35-17)42-19-11-41-21-18(38)10-40-22(19)21)36-20(16)14-3-1-12(2-4-14)13-5-7-15(8-6-13)25(39,26(29,30)31)27(32,33)34/h1-9,18-19,21-22,38-39H,10-11H2,(H,35,36,37)/t18-,19-,21-,22-/m1/s1. The number of halogens is 7. The van der Waals surface area contributed by atoms with Gasteiger partial charge in [-0.05, 0) is 17.2 Å². The van der Waals surface area contributed by atoms with Crippen molar-refractivity contribution >= 4 is 22.8 Å². The first-order chi connectivity index (χ1) is 19.8. The van der Waals surface area contributed by atoms with Crippen molar-refractivity contribution in [2.45, 2.75) is 42.4 Å². The predicted octanol–water partition coefficient (Wildman–Crippen LogP) is 5.16. The van der Waals surface area contributed by atoms with Crippen molar-refractivity contribution in [2.75, 3.05) is 13.2 Å². The topological polar surface area (TPSA) is 110 Å². The van der Waals surface area contributed by atoms with E-state index in [4.69, 9.17) is 25.8 Å². The number of imidazole rings is 1. The lowest BCUT2D eigenvalue weighted by Gasteiger charge is -2.32.